The second-order valence-electron chi connectivity index (χ2n) is 5.73. The largest absolute Gasteiger partial charge is 0.507 e. The minimum atomic E-state index is 0.182. The Balaban J connectivity index is 2.06. The number of pyridine rings is 1. The molecular weight excluding hydrogens is 300 g/mol. The molecule has 0 radical (unpaired) electrons. The van der Waals surface area contributed by atoms with Gasteiger partial charge in [0.1, 0.15) is 23.0 Å². The van der Waals surface area contributed by atoms with Crippen LogP contribution < -0.4 is 0 Å². The number of aromatic nitrogens is 2. The fourth-order valence-electron chi connectivity index (χ4n) is 2.94. The van der Waals surface area contributed by atoms with Gasteiger partial charge in [0.05, 0.1) is 11.1 Å². The van der Waals surface area contributed by atoms with Crippen LogP contribution in [0.5, 0.6) is 11.5 Å². The van der Waals surface area contributed by atoms with Crippen LogP contribution in [0.4, 0.5) is 0 Å². The normalized spacial score (nSPS) is 11.0. The summed E-state index contributed by atoms with van der Waals surface area (Å²) in [5, 5.41) is 20.6. The molecule has 4 heteroatoms. The number of fused-ring (bicyclic) bond motifs is 1. The summed E-state index contributed by atoms with van der Waals surface area (Å²) >= 11 is 0. The first-order valence-corrected chi connectivity index (χ1v) is 7.71. The lowest BCUT2D eigenvalue weighted by atomic mass is 10.1. The molecule has 0 unspecified atom stereocenters. The zero-order valence-corrected chi connectivity index (χ0v) is 13.1. The number of nitrogens with zero attached hydrogens (tertiary/aromatic N) is 2. The van der Waals surface area contributed by atoms with Gasteiger partial charge < -0.3 is 10.2 Å². The molecule has 0 atom stereocenters. The molecule has 0 saturated carbocycles. The van der Waals surface area contributed by atoms with Gasteiger partial charge in [-0.1, -0.05) is 30.3 Å². The molecule has 2 aromatic carbocycles. The second kappa shape index (κ2) is 5.42. The Kier molecular flexibility index (Phi) is 3.24. The monoisotopic (exact) mass is 316 g/mol. The Morgan fingerprint density at radius 3 is 2.42 bits per heavy atom. The molecule has 0 amide bonds. The van der Waals surface area contributed by atoms with E-state index >= 15 is 0 Å². The van der Waals surface area contributed by atoms with Crippen molar-refractivity contribution in [2.24, 2.45) is 0 Å². The van der Waals surface area contributed by atoms with Crippen LogP contribution in [-0.2, 0) is 0 Å². The molecule has 0 aliphatic rings. The number of phenols is 2. The molecule has 0 bridgehead atoms. The molecule has 0 saturated heterocycles. The van der Waals surface area contributed by atoms with Crippen LogP contribution in [0.3, 0.4) is 0 Å². The van der Waals surface area contributed by atoms with Crippen molar-refractivity contribution in [3.8, 4) is 34.1 Å². The first-order chi connectivity index (χ1) is 11.7. The highest BCUT2D eigenvalue weighted by Crippen LogP contribution is 2.37. The van der Waals surface area contributed by atoms with Crippen LogP contribution in [0, 0.1) is 6.92 Å². The summed E-state index contributed by atoms with van der Waals surface area (Å²) in [4.78, 5) is 4.74. The Morgan fingerprint density at radius 2 is 1.58 bits per heavy atom. The van der Waals surface area contributed by atoms with Crippen molar-refractivity contribution >= 4 is 5.52 Å². The van der Waals surface area contributed by atoms with Crippen molar-refractivity contribution < 1.29 is 10.2 Å². The molecule has 2 heterocycles. The van der Waals surface area contributed by atoms with Crippen LogP contribution in [-0.4, -0.2) is 19.6 Å². The third-order valence-corrected chi connectivity index (χ3v) is 4.19. The van der Waals surface area contributed by atoms with E-state index in [1.54, 1.807) is 12.1 Å². The van der Waals surface area contributed by atoms with E-state index in [0.717, 1.165) is 11.1 Å². The van der Waals surface area contributed by atoms with Crippen LogP contribution in [0.15, 0.2) is 66.9 Å². The molecule has 4 rings (SSSR count). The maximum absolute atomic E-state index is 10.4. The molecule has 118 valence electrons. The lowest BCUT2D eigenvalue weighted by molar-refractivity contribution is 0.472. The maximum atomic E-state index is 10.4. The Hall–Kier alpha value is -3.27. The predicted octanol–water partition coefficient (Wildman–Crippen LogP) is 4.39. The van der Waals surface area contributed by atoms with Gasteiger partial charge in [-0.25, -0.2) is 4.98 Å². The number of aromatic hydroxyl groups is 2. The number of hydrogen-bond acceptors (Lipinski definition) is 3. The van der Waals surface area contributed by atoms with Gasteiger partial charge in [-0.15, -0.1) is 0 Å². The zero-order valence-electron chi connectivity index (χ0n) is 13.1. The lowest BCUT2D eigenvalue weighted by Gasteiger charge is -2.06. The lowest BCUT2D eigenvalue weighted by Crippen LogP contribution is -1.90. The van der Waals surface area contributed by atoms with Crippen molar-refractivity contribution in [1.82, 2.24) is 9.38 Å². The Morgan fingerprint density at radius 1 is 0.833 bits per heavy atom. The molecule has 4 aromatic rings. The SMILES string of the molecule is Cc1cccc(-c2nc(-c3ccccc3O)c3ccccn23)c1O. The summed E-state index contributed by atoms with van der Waals surface area (Å²) in [7, 11) is 0. The standard InChI is InChI=1S/C20H16N2O2/c1-13-7-6-9-15(19(13)24)20-21-18(14-8-2-3-11-17(14)23)16-10-4-5-12-22(16)20/h2-12,23-24H,1H3. The van der Waals surface area contributed by atoms with E-state index in [0.29, 0.717) is 22.6 Å². The van der Waals surface area contributed by atoms with Gasteiger partial charge in [0.15, 0.2) is 0 Å². The topological polar surface area (TPSA) is 57.8 Å². The zero-order chi connectivity index (χ0) is 16.7. The summed E-state index contributed by atoms with van der Waals surface area (Å²) in [5.74, 6) is 1.04. The minimum absolute atomic E-state index is 0.182. The van der Waals surface area contributed by atoms with E-state index in [2.05, 4.69) is 0 Å². The third kappa shape index (κ3) is 2.12. The first-order valence-electron chi connectivity index (χ1n) is 7.71. The second-order valence-corrected chi connectivity index (χ2v) is 5.73. The van der Waals surface area contributed by atoms with E-state index in [1.165, 1.54) is 0 Å². The van der Waals surface area contributed by atoms with Gasteiger partial charge >= 0.3 is 0 Å². The van der Waals surface area contributed by atoms with Crippen molar-refractivity contribution in [2.75, 3.05) is 0 Å². The molecule has 2 aromatic heterocycles. The molecule has 0 fully saturated rings. The van der Waals surface area contributed by atoms with Crippen molar-refractivity contribution in [3.63, 3.8) is 0 Å². The number of imidazole rings is 1. The van der Waals surface area contributed by atoms with E-state index < -0.39 is 0 Å². The number of benzene rings is 2. The van der Waals surface area contributed by atoms with Crippen LogP contribution in [0.25, 0.3) is 28.2 Å². The van der Waals surface area contributed by atoms with E-state index in [-0.39, 0.29) is 11.5 Å². The molecule has 0 aliphatic heterocycles. The summed E-state index contributed by atoms with van der Waals surface area (Å²) < 4.78 is 1.93. The molecule has 0 aliphatic carbocycles. The van der Waals surface area contributed by atoms with Crippen LogP contribution in [0.1, 0.15) is 5.56 Å². The van der Waals surface area contributed by atoms with E-state index in [9.17, 15) is 10.2 Å². The number of para-hydroxylation sites is 2. The highest BCUT2D eigenvalue weighted by molar-refractivity contribution is 5.85. The van der Waals surface area contributed by atoms with Gasteiger partial charge in [0, 0.05) is 11.8 Å². The molecule has 0 spiro atoms. The quantitative estimate of drug-likeness (QED) is 0.577. The summed E-state index contributed by atoms with van der Waals surface area (Å²) in [6, 6.07) is 18.5. The molecule has 2 N–H and O–H groups in total. The van der Waals surface area contributed by atoms with Crippen molar-refractivity contribution in [1.29, 1.82) is 0 Å². The highest BCUT2D eigenvalue weighted by atomic mass is 16.3. The minimum Gasteiger partial charge on any atom is -0.507 e. The highest BCUT2D eigenvalue weighted by Gasteiger charge is 2.18. The van der Waals surface area contributed by atoms with Gasteiger partial charge in [-0.3, -0.25) is 4.40 Å². The summed E-state index contributed by atoms with van der Waals surface area (Å²) in [6.07, 6.45) is 1.91. The van der Waals surface area contributed by atoms with Crippen LogP contribution >= 0.6 is 0 Å². The Bertz CT molecular complexity index is 1050. The van der Waals surface area contributed by atoms with Crippen molar-refractivity contribution in [3.05, 3.63) is 72.4 Å². The predicted molar refractivity (Wildman–Crippen MR) is 94.1 cm³/mol. The number of phenolic OH excluding ortho intramolecular Hbond substituents is 2. The van der Waals surface area contributed by atoms with Gasteiger partial charge in [-0.05, 0) is 42.8 Å². The van der Waals surface area contributed by atoms with Gasteiger partial charge in [0.25, 0.3) is 0 Å². The number of hydrogen-bond donors (Lipinski definition) is 2. The molecular formula is C20H16N2O2. The average Bonchev–Trinajstić information content (AvgIpc) is 2.97. The molecule has 4 nitrogen and oxygen atoms in total. The van der Waals surface area contributed by atoms with Gasteiger partial charge in [-0.2, -0.15) is 0 Å². The smallest absolute Gasteiger partial charge is 0.149 e. The van der Waals surface area contributed by atoms with E-state index in [1.807, 2.05) is 66.1 Å². The van der Waals surface area contributed by atoms with Gasteiger partial charge in [0.2, 0.25) is 0 Å². The fourth-order valence-corrected chi connectivity index (χ4v) is 2.94. The average molecular weight is 316 g/mol. The summed E-state index contributed by atoms with van der Waals surface area (Å²) in [6.45, 7) is 1.86. The Labute approximate surface area is 139 Å². The first kappa shape index (κ1) is 14.3. The molecule has 24 heavy (non-hydrogen) atoms. The maximum Gasteiger partial charge on any atom is 0.149 e. The fraction of sp³-hybridized carbons (Fsp3) is 0.0500. The number of aryl methyl sites for hydroxylation is 1. The van der Waals surface area contributed by atoms with Crippen LogP contribution in [0.2, 0.25) is 0 Å². The van der Waals surface area contributed by atoms with E-state index in [4.69, 9.17) is 4.98 Å². The third-order valence-electron chi connectivity index (χ3n) is 4.19. The summed E-state index contributed by atoms with van der Waals surface area (Å²) in [5.41, 5.74) is 3.68. The number of rotatable bonds is 2. The van der Waals surface area contributed by atoms with Crippen molar-refractivity contribution in [2.45, 2.75) is 6.92 Å².